The van der Waals surface area contributed by atoms with Gasteiger partial charge in [-0.2, -0.15) is 0 Å². The summed E-state index contributed by atoms with van der Waals surface area (Å²) < 4.78 is 90.8. The molecule has 0 radical (unpaired) electrons. The Balaban J connectivity index is 1.72. The van der Waals surface area contributed by atoms with Crippen molar-refractivity contribution in [3.8, 4) is 11.1 Å². The number of alkyl halides is 2. The van der Waals surface area contributed by atoms with Crippen molar-refractivity contribution in [1.29, 1.82) is 0 Å². The highest BCUT2D eigenvalue weighted by molar-refractivity contribution is 7.89. The summed E-state index contributed by atoms with van der Waals surface area (Å²) in [6, 6.07) is 4.60. The number of sulfonamides is 1. The summed E-state index contributed by atoms with van der Waals surface area (Å²) in [5.41, 5.74) is 0.310. The molecule has 2 aliphatic heterocycles. The van der Waals surface area contributed by atoms with E-state index in [9.17, 15) is 17.6 Å². The molecular weight excluding hydrogens is 512 g/mol. The second-order valence-corrected chi connectivity index (χ2v) is 11.0. The highest BCUT2D eigenvalue weighted by Crippen LogP contribution is 2.37. The molecule has 2 aliphatic rings. The van der Waals surface area contributed by atoms with Crippen molar-refractivity contribution in [2.45, 2.75) is 43.9 Å². The number of carbonyl (C=O) groups is 1. The van der Waals surface area contributed by atoms with Crippen LogP contribution in [-0.2, 0) is 26.0 Å². The van der Waals surface area contributed by atoms with Crippen LogP contribution in [0.15, 0.2) is 36.4 Å². The van der Waals surface area contributed by atoms with Crippen LogP contribution in [-0.4, -0.2) is 62.2 Å². The molecule has 190 valence electrons. The van der Waals surface area contributed by atoms with E-state index >= 15 is 13.2 Å². The lowest BCUT2D eigenvalue weighted by Gasteiger charge is -2.34. The zero-order chi connectivity index (χ0) is 25.5. The molecule has 35 heavy (non-hydrogen) atoms. The smallest absolute Gasteiger partial charge is 0.283 e. The number of likely N-dealkylation sites (tertiary alicyclic amines) is 1. The van der Waals surface area contributed by atoms with Gasteiger partial charge in [-0.1, -0.05) is 35.9 Å². The normalized spacial score (nSPS) is 23.8. The fourth-order valence-electron chi connectivity index (χ4n) is 4.28. The minimum Gasteiger partial charge on any atom is -0.368 e. The van der Waals surface area contributed by atoms with Crippen LogP contribution in [0.25, 0.3) is 11.1 Å². The minimum atomic E-state index is -4.07. The maximum Gasteiger partial charge on any atom is 0.283 e. The van der Waals surface area contributed by atoms with Crippen molar-refractivity contribution in [2.75, 3.05) is 18.9 Å². The standard InChI is InChI=1S/C23H23ClF4N2O4S/c1-2-35(32,33)29-21-18(30(12-23(21,27)28)22(31)19-8-9-34-19)11-14-4-3-5-15(20(14)26)13-6-7-17(25)16(24)10-13/h3-7,10,18-19,21,29H,2,8-9,11-12H2,1H3/t18-,19-,21+/m0/s1. The molecule has 3 atom stereocenters. The van der Waals surface area contributed by atoms with Crippen LogP contribution < -0.4 is 4.72 Å². The van der Waals surface area contributed by atoms with Crippen molar-refractivity contribution in [3.63, 3.8) is 0 Å². The van der Waals surface area contributed by atoms with Gasteiger partial charge in [0.1, 0.15) is 23.8 Å². The first kappa shape index (κ1) is 25.9. The van der Waals surface area contributed by atoms with E-state index in [0.29, 0.717) is 13.0 Å². The molecule has 0 bridgehead atoms. The fourth-order valence-corrected chi connectivity index (χ4v) is 5.34. The number of carbonyl (C=O) groups excluding carboxylic acids is 1. The van der Waals surface area contributed by atoms with E-state index in [1.165, 1.54) is 37.3 Å². The van der Waals surface area contributed by atoms with Gasteiger partial charge in [0.05, 0.1) is 30.0 Å². The molecule has 0 aliphatic carbocycles. The molecule has 2 aromatic carbocycles. The molecule has 2 fully saturated rings. The molecule has 0 spiro atoms. The van der Waals surface area contributed by atoms with Gasteiger partial charge in [0, 0.05) is 12.0 Å². The van der Waals surface area contributed by atoms with Gasteiger partial charge in [-0.3, -0.25) is 4.79 Å². The third-order valence-electron chi connectivity index (χ3n) is 6.30. The predicted molar refractivity (Wildman–Crippen MR) is 122 cm³/mol. The number of rotatable bonds is 7. The van der Waals surface area contributed by atoms with Crippen LogP contribution in [0.4, 0.5) is 17.6 Å². The maximum absolute atomic E-state index is 15.5. The second-order valence-electron chi connectivity index (χ2n) is 8.55. The lowest BCUT2D eigenvalue weighted by atomic mass is 9.95. The number of benzene rings is 2. The Morgan fingerprint density at radius 2 is 1.97 bits per heavy atom. The Labute approximate surface area is 205 Å². The van der Waals surface area contributed by atoms with Gasteiger partial charge >= 0.3 is 0 Å². The topological polar surface area (TPSA) is 75.7 Å². The third kappa shape index (κ3) is 5.18. The molecule has 2 heterocycles. The second kappa shape index (κ2) is 9.68. The molecule has 2 saturated heterocycles. The third-order valence-corrected chi connectivity index (χ3v) is 7.97. The van der Waals surface area contributed by atoms with Gasteiger partial charge in [0.25, 0.3) is 11.8 Å². The van der Waals surface area contributed by atoms with Crippen LogP contribution >= 0.6 is 11.6 Å². The minimum absolute atomic E-state index is 0.0151. The number of nitrogens with zero attached hydrogens (tertiary/aromatic N) is 1. The first-order chi connectivity index (χ1) is 16.4. The summed E-state index contributed by atoms with van der Waals surface area (Å²) >= 11 is 5.82. The number of nitrogens with one attached hydrogen (secondary N) is 1. The Hall–Kier alpha value is -2.21. The summed E-state index contributed by atoms with van der Waals surface area (Å²) in [7, 11) is -4.07. The molecule has 12 heteroatoms. The summed E-state index contributed by atoms with van der Waals surface area (Å²) in [6.45, 7) is 0.586. The van der Waals surface area contributed by atoms with E-state index in [-0.39, 0.29) is 28.1 Å². The van der Waals surface area contributed by atoms with Gasteiger partial charge in [-0.05, 0) is 36.6 Å². The van der Waals surface area contributed by atoms with E-state index in [1.54, 1.807) is 0 Å². The summed E-state index contributed by atoms with van der Waals surface area (Å²) in [5, 5.41) is -0.214. The molecule has 0 saturated carbocycles. The highest BCUT2D eigenvalue weighted by Gasteiger charge is 2.58. The SMILES string of the molecule is CCS(=O)(=O)N[C@@H]1[C@H](Cc2cccc(-c3ccc(F)c(Cl)c3)c2F)N(C(=O)[C@@H]2CCO2)CC1(F)F. The van der Waals surface area contributed by atoms with E-state index in [2.05, 4.69) is 0 Å². The average Bonchev–Trinajstić information content (AvgIpc) is 3.00. The van der Waals surface area contributed by atoms with Crippen molar-refractivity contribution in [1.82, 2.24) is 9.62 Å². The van der Waals surface area contributed by atoms with E-state index in [0.717, 1.165) is 11.0 Å². The quantitative estimate of drug-likeness (QED) is 0.549. The predicted octanol–water partition coefficient (Wildman–Crippen LogP) is 3.77. The highest BCUT2D eigenvalue weighted by atomic mass is 35.5. The van der Waals surface area contributed by atoms with Gasteiger partial charge in [0.15, 0.2) is 0 Å². The molecule has 4 rings (SSSR count). The van der Waals surface area contributed by atoms with Crippen molar-refractivity contribution >= 4 is 27.5 Å². The number of amides is 1. The Kier molecular flexibility index (Phi) is 7.16. The van der Waals surface area contributed by atoms with Crippen molar-refractivity contribution in [3.05, 3.63) is 58.6 Å². The fraction of sp³-hybridized carbons (Fsp3) is 0.435. The van der Waals surface area contributed by atoms with Gasteiger partial charge < -0.3 is 9.64 Å². The Morgan fingerprint density at radius 3 is 2.57 bits per heavy atom. The molecule has 0 aromatic heterocycles. The van der Waals surface area contributed by atoms with Crippen molar-refractivity contribution in [2.24, 2.45) is 0 Å². The number of hydrogen-bond acceptors (Lipinski definition) is 4. The molecule has 0 unspecified atom stereocenters. The molecular formula is C23H23ClF4N2O4S. The van der Waals surface area contributed by atoms with Crippen LogP contribution in [0.2, 0.25) is 5.02 Å². The largest absolute Gasteiger partial charge is 0.368 e. The molecule has 6 nitrogen and oxygen atoms in total. The number of ether oxygens (including phenoxy) is 1. The monoisotopic (exact) mass is 534 g/mol. The first-order valence-electron chi connectivity index (χ1n) is 11.0. The van der Waals surface area contributed by atoms with Crippen LogP contribution in [0.1, 0.15) is 18.9 Å². The molecule has 1 N–H and O–H groups in total. The van der Waals surface area contributed by atoms with E-state index in [1.807, 2.05) is 4.72 Å². The zero-order valence-corrected chi connectivity index (χ0v) is 20.2. The summed E-state index contributed by atoms with van der Waals surface area (Å²) in [6.07, 6.45) is -0.930. The Morgan fingerprint density at radius 1 is 1.26 bits per heavy atom. The van der Waals surface area contributed by atoms with E-state index in [4.69, 9.17) is 16.3 Å². The van der Waals surface area contributed by atoms with Crippen molar-refractivity contribution < 1.29 is 35.5 Å². The van der Waals surface area contributed by atoms with Gasteiger partial charge in [-0.25, -0.2) is 30.7 Å². The average molecular weight is 535 g/mol. The molecule has 2 aromatic rings. The lowest BCUT2D eigenvalue weighted by molar-refractivity contribution is -0.158. The Bertz CT molecular complexity index is 1240. The van der Waals surface area contributed by atoms with Crippen LogP contribution in [0.5, 0.6) is 0 Å². The molecule has 1 amide bonds. The van der Waals surface area contributed by atoms with Crippen LogP contribution in [0, 0.1) is 11.6 Å². The van der Waals surface area contributed by atoms with Crippen LogP contribution in [0.3, 0.4) is 0 Å². The number of hydrogen-bond donors (Lipinski definition) is 1. The number of halogens is 5. The van der Waals surface area contributed by atoms with Gasteiger partial charge in [0.2, 0.25) is 10.0 Å². The maximum atomic E-state index is 15.5. The summed E-state index contributed by atoms with van der Waals surface area (Å²) in [5.74, 6) is -6.18. The van der Waals surface area contributed by atoms with Gasteiger partial charge in [-0.15, -0.1) is 0 Å². The lowest BCUT2D eigenvalue weighted by Crippen LogP contribution is -2.54. The van der Waals surface area contributed by atoms with E-state index < -0.39 is 64.0 Å². The first-order valence-corrected chi connectivity index (χ1v) is 13.0. The zero-order valence-electron chi connectivity index (χ0n) is 18.6. The summed E-state index contributed by atoms with van der Waals surface area (Å²) in [4.78, 5) is 13.8.